The van der Waals surface area contributed by atoms with Gasteiger partial charge in [0.2, 0.25) is 0 Å². The predicted octanol–water partition coefficient (Wildman–Crippen LogP) is 2.74. The van der Waals surface area contributed by atoms with Crippen LogP contribution in [0.15, 0.2) is 41.0 Å². The molecule has 2 rings (SSSR count). The quantitative estimate of drug-likeness (QED) is 0.698. The van der Waals surface area contributed by atoms with Crippen LogP contribution in [-0.2, 0) is 4.79 Å². The minimum absolute atomic E-state index is 0.182. The molecule has 0 aliphatic rings. The Balaban J connectivity index is 1.83. The van der Waals surface area contributed by atoms with Gasteiger partial charge in [-0.15, -0.1) is 0 Å². The molecule has 3 N–H and O–H groups in total. The molecule has 23 heavy (non-hydrogen) atoms. The van der Waals surface area contributed by atoms with Crippen LogP contribution in [0.4, 0.5) is 0 Å². The average Bonchev–Trinajstić information content (AvgIpc) is 2.97. The molecule has 7 heteroatoms. The molecule has 2 amide bonds. The number of rotatable bonds is 5. The lowest BCUT2D eigenvalue weighted by molar-refractivity contribution is -0.123. The minimum atomic E-state index is -0.442. The van der Waals surface area contributed by atoms with Gasteiger partial charge in [0, 0.05) is 10.7 Å². The van der Waals surface area contributed by atoms with E-state index in [9.17, 15) is 9.59 Å². The number of aromatic amines is 1. The number of ether oxygens (including phenoxy) is 1. The fourth-order valence-electron chi connectivity index (χ4n) is 1.96. The fraction of sp³-hybridized carbons (Fsp3) is 0.250. The standard InChI is InChI=1S/C16H18BrN3O3/c1-10(2)12-5-3-4-6-14(12)23-9-15(21)19-20-16(22)13-7-11(17)8-18-13/h3-8,10,18H,9H2,1-2H3,(H,19,21)(H,20,22). The second-order valence-electron chi connectivity index (χ2n) is 5.22. The maximum atomic E-state index is 11.8. The molecule has 1 heterocycles. The van der Waals surface area contributed by atoms with Crippen LogP contribution in [-0.4, -0.2) is 23.4 Å². The van der Waals surface area contributed by atoms with Crippen LogP contribution >= 0.6 is 15.9 Å². The molecule has 0 radical (unpaired) electrons. The second-order valence-corrected chi connectivity index (χ2v) is 6.13. The van der Waals surface area contributed by atoms with E-state index in [4.69, 9.17) is 4.74 Å². The van der Waals surface area contributed by atoms with E-state index in [1.807, 2.05) is 24.3 Å². The summed E-state index contributed by atoms with van der Waals surface area (Å²) in [6.45, 7) is 3.92. The lowest BCUT2D eigenvalue weighted by Crippen LogP contribution is -2.44. The van der Waals surface area contributed by atoms with Crippen molar-refractivity contribution in [1.29, 1.82) is 0 Å². The monoisotopic (exact) mass is 379 g/mol. The van der Waals surface area contributed by atoms with Crippen molar-refractivity contribution >= 4 is 27.7 Å². The molecule has 2 aromatic rings. The Hall–Kier alpha value is -2.28. The maximum Gasteiger partial charge on any atom is 0.286 e. The van der Waals surface area contributed by atoms with Gasteiger partial charge in [0.25, 0.3) is 11.8 Å². The summed E-state index contributed by atoms with van der Waals surface area (Å²) in [6, 6.07) is 9.16. The van der Waals surface area contributed by atoms with Crippen LogP contribution in [0.25, 0.3) is 0 Å². The third kappa shape index (κ3) is 4.85. The van der Waals surface area contributed by atoms with Gasteiger partial charge in [0.05, 0.1) is 0 Å². The van der Waals surface area contributed by atoms with Gasteiger partial charge in [-0.2, -0.15) is 0 Å². The first kappa shape index (κ1) is 17.1. The van der Waals surface area contributed by atoms with Gasteiger partial charge >= 0.3 is 0 Å². The Labute approximate surface area is 142 Å². The van der Waals surface area contributed by atoms with Crippen molar-refractivity contribution in [2.45, 2.75) is 19.8 Å². The summed E-state index contributed by atoms with van der Waals surface area (Å²) in [5.74, 6) is 0.0757. The number of halogens is 1. The molecule has 0 bridgehead atoms. The van der Waals surface area contributed by atoms with Crippen molar-refractivity contribution < 1.29 is 14.3 Å². The number of hydrogen-bond donors (Lipinski definition) is 3. The Morgan fingerprint density at radius 1 is 1.26 bits per heavy atom. The van der Waals surface area contributed by atoms with Crippen LogP contribution in [0, 0.1) is 0 Å². The molecule has 0 atom stereocenters. The number of amides is 2. The fourth-order valence-corrected chi connectivity index (χ4v) is 2.30. The van der Waals surface area contributed by atoms with Gasteiger partial charge in [-0.1, -0.05) is 32.0 Å². The Bertz CT molecular complexity index is 697. The maximum absolute atomic E-state index is 11.8. The second kappa shape index (κ2) is 7.82. The molecular formula is C16H18BrN3O3. The summed E-state index contributed by atoms with van der Waals surface area (Å²) in [5.41, 5.74) is 5.99. The first-order chi connectivity index (χ1) is 11.0. The molecule has 122 valence electrons. The van der Waals surface area contributed by atoms with Crippen molar-refractivity contribution in [1.82, 2.24) is 15.8 Å². The van der Waals surface area contributed by atoms with E-state index in [2.05, 4.69) is 45.6 Å². The summed E-state index contributed by atoms with van der Waals surface area (Å²) in [6.07, 6.45) is 1.63. The number of carbonyl (C=O) groups is 2. The largest absolute Gasteiger partial charge is 0.483 e. The number of carbonyl (C=O) groups excluding carboxylic acids is 2. The van der Waals surface area contributed by atoms with E-state index >= 15 is 0 Å². The SMILES string of the molecule is CC(C)c1ccccc1OCC(=O)NNC(=O)c1cc(Br)c[nH]1. The topological polar surface area (TPSA) is 83.2 Å². The molecule has 0 fully saturated rings. The third-order valence-electron chi connectivity index (χ3n) is 3.11. The lowest BCUT2D eigenvalue weighted by atomic mass is 10.0. The molecule has 6 nitrogen and oxygen atoms in total. The highest BCUT2D eigenvalue weighted by atomic mass is 79.9. The van der Waals surface area contributed by atoms with Crippen LogP contribution in [0.3, 0.4) is 0 Å². The zero-order valence-electron chi connectivity index (χ0n) is 12.9. The Morgan fingerprint density at radius 3 is 2.65 bits per heavy atom. The van der Waals surface area contributed by atoms with E-state index in [1.165, 1.54) is 0 Å². The third-order valence-corrected chi connectivity index (χ3v) is 3.57. The first-order valence-corrected chi connectivity index (χ1v) is 7.91. The average molecular weight is 380 g/mol. The van der Waals surface area contributed by atoms with E-state index in [-0.39, 0.29) is 6.61 Å². The van der Waals surface area contributed by atoms with Crippen LogP contribution < -0.4 is 15.6 Å². The number of H-pyrrole nitrogens is 1. The number of nitrogens with one attached hydrogen (secondary N) is 3. The normalized spacial score (nSPS) is 10.4. The van der Waals surface area contributed by atoms with Gasteiger partial charge < -0.3 is 9.72 Å². The van der Waals surface area contributed by atoms with Gasteiger partial charge in [0.1, 0.15) is 11.4 Å². The van der Waals surface area contributed by atoms with Crippen molar-refractivity contribution in [3.63, 3.8) is 0 Å². The van der Waals surface area contributed by atoms with Gasteiger partial charge in [-0.3, -0.25) is 20.4 Å². The summed E-state index contributed by atoms with van der Waals surface area (Å²) in [7, 11) is 0. The number of benzene rings is 1. The van der Waals surface area contributed by atoms with Gasteiger partial charge in [-0.25, -0.2) is 0 Å². The predicted molar refractivity (Wildman–Crippen MR) is 90.1 cm³/mol. The highest BCUT2D eigenvalue weighted by Gasteiger charge is 2.11. The molecule has 0 aliphatic heterocycles. The highest BCUT2D eigenvalue weighted by molar-refractivity contribution is 9.10. The van der Waals surface area contributed by atoms with Crippen LogP contribution in [0.1, 0.15) is 35.8 Å². The molecule has 0 saturated heterocycles. The number of hydrazine groups is 1. The molecular weight excluding hydrogens is 362 g/mol. The van der Waals surface area contributed by atoms with Crippen LogP contribution in [0.2, 0.25) is 0 Å². The Kier molecular flexibility index (Phi) is 5.81. The van der Waals surface area contributed by atoms with Gasteiger partial charge in [0.15, 0.2) is 6.61 Å². The summed E-state index contributed by atoms with van der Waals surface area (Å²) in [4.78, 5) is 26.3. The zero-order chi connectivity index (χ0) is 16.8. The van der Waals surface area contributed by atoms with Crippen molar-refractivity contribution in [3.8, 4) is 5.75 Å². The van der Waals surface area contributed by atoms with Crippen molar-refractivity contribution in [2.24, 2.45) is 0 Å². The molecule has 0 saturated carbocycles. The van der Waals surface area contributed by atoms with Crippen molar-refractivity contribution in [3.05, 3.63) is 52.3 Å². The lowest BCUT2D eigenvalue weighted by Gasteiger charge is -2.13. The summed E-state index contributed by atoms with van der Waals surface area (Å²) in [5, 5.41) is 0. The van der Waals surface area contributed by atoms with E-state index in [0.29, 0.717) is 17.4 Å². The number of aromatic nitrogens is 1. The molecule has 1 aromatic carbocycles. The summed E-state index contributed by atoms with van der Waals surface area (Å²) < 4.78 is 6.28. The summed E-state index contributed by atoms with van der Waals surface area (Å²) >= 11 is 3.23. The smallest absolute Gasteiger partial charge is 0.286 e. The highest BCUT2D eigenvalue weighted by Crippen LogP contribution is 2.25. The van der Waals surface area contributed by atoms with E-state index in [1.54, 1.807) is 12.3 Å². The first-order valence-electron chi connectivity index (χ1n) is 7.12. The van der Waals surface area contributed by atoms with E-state index in [0.717, 1.165) is 10.0 Å². The van der Waals surface area contributed by atoms with Crippen molar-refractivity contribution in [2.75, 3.05) is 6.61 Å². The number of hydrogen-bond acceptors (Lipinski definition) is 3. The molecule has 1 aromatic heterocycles. The number of para-hydroxylation sites is 1. The molecule has 0 unspecified atom stereocenters. The van der Waals surface area contributed by atoms with Crippen LogP contribution in [0.5, 0.6) is 5.75 Å². The zero-order valence-corrected chi connectivity index (χ0v) is 14.4. The Morgan fingerprint density at radius 2 is 2.00 bits per heavy atom. The van der Waals surface area contributed by atoms with Gasteiger partial charge in [-0.05, 0) is 39.5 Å². The minimum Gasteiger partial charge on any atom is -0.483 e. The molecule has 0 spiro atoms. The van der Waals surface area contributed by atoms with E-state index < -0.39 is 11.8 Å². The molecule has 0 aliphatic carbocycles.